The number of imide groups is 1. The highest BCUT2D eigenvalue weighted by atomic mass is 16.5. The Labute approximate surface area is 171 Å². The molecule has 0 aromatic heterocycles. The van der Waals surface area contributed by atoms with E-state index in [1.807, 2.05) is 0 Å². The van der Waals surface area contributed by atoms with Crippen LogP contribution in [0.4, 0.5) is 4.79 Å². The van der Waals surface area contributed by atoms with Crippen LogP contribution in [-0.2, 0) is 4.79 Å². The van der Waals surface area contributed by atoms with E-state index in [1.54, 1.807) is 18.2 Å². The first kappa shape index (κ1) is 21.1. The molecule has 8 heteroatoms. The summed E-state index contributed by atoms with van der Waals surface area (Å²) in [4.78, 5) is 41.7. The molecule has 0 saturated carbocycles. The maximum absolute atomic E-state index is 13.1. The number of nitrogens with one attached hydrogen (secondary N) is 1. The number of methoxy groups -OCH3 is 2. The predicted molar refractivity (Wildman–Crippen MR) is 107 cm³/mol. The van der Waals surface area contributed by atoms with Gasteiger partial charge >= 0.3 is 6.03 Å². The Kier molecular flexibility index (Phi) is 6.12. The quantitative estimate of drug-likeness (QED) is 0.553. The SMILES string of the molecule is COc1ccc(C(=O)CN2C(=O)NC3(CCN(CC(C)C)CC3)C2=O)c(OC)c1. The van der Waals surface area contributed by atoms with Gasteiger partial charge in [0.1, 0.15) is 17.0 Å². The Hall–Kier alpha value is -2.61. The van der Waals surface area contributed by atoms with Gasteiger partial charge in [-0.3, -0.25) is 14.5 Å². The van der Waals surface area contributed by atoms with Gasteiger partial charge in [0, 0.05) is 25.7 Å². The van der Waals surface area contributed by atoms with Crippen LogP contribution in [0.3, 0.4) is 0 Å². The van der Waals surface area contributed by atoms with Crippen molar-refractivity contribution in [1.82, 2.24) is 15.1 Å². The minimum Gasteiger partial charge on any atom is -0.497 e. The minimum absolute atomic E-state index is 0.307. The molecule has 1 N–H and O–H groups in total. The number of nitrogens with zero attached hydrogens (tertiary/aromatic N) is 2. The van der Waals surface area contributed by atoms with Gasteiger partial charge in [0.15, 0.2) is 5.78 Å². The second-order valence-electron chi connectivity index (χ2n) is 8.09. The van der Waals surface area contributed by atoms with Crippen LogP contribution in [-0.4, -0.2) is 73.5 Å². The number of piperidine rings is 1. The lowest BCUT2D eigenvalue weighted by Crippen LogP contribution is -2.55. The van der Waals surface area contributed by atoms with Crippen molar-refractivity contribution in [3.8, 4) is 11.5 Å². The second kappa shape index (κ2) is 8.41. The zero-order valence-corrected chi connectivity index (χ0v) is 17.5. The van der Waals surface area contributed by atoms with E-state index in [0.29, 0.717) is 35.8 Å². The zero-order chi connectivity index (χ0) is 21.2. The molecule has 8 nitrogen and oxygen atoms in total. The Morgan fingerprint density at radius 2 is 1.86 bits per heavy atom. The first-order valence-electron chi connectivity index (χ1n) is 9.91. The standard InChI is InChI=1S/C21H29N3O5/c1-14(2)12-23-9-7-21(8-10-23)19(26)24(20(27)22-21)13-17(25)16-6-5-15(28-3)11-18(16)29-4/h5-6,11,14H,7-10,12-13H2,1-4H3,(H,22,27). The summed E-state index contributed by atoms with van der Waals surface area (Å²) in [5.74, 6) is 0.778. The summed E-state index contributed by atoms with van der Waals surface area (Å²) in [6.07, 6.45) is 1.11. The monoisotopic (exact) mass is 403 g/mol. The van der Waals surface area contributed by atoms with Crippen LogP contribution in [0.25, 0.3) is 0 Å². The summed E-state index contributed by atoms with van der Waals surface area (Å²) in [5.41, 5.74) is -0.587. The molecule has 0 aliphatic carbocycles. The van der Waals surface area contributed by atoms with Gasteiger partial charge in [0.05, 0.1) is 26.3 Å². The summed E-state index contributed by atoms with van der Waals surface area (Å²) in [7, 11) is 2.98. The number of amides is 3. The number of carbonyl (C=O) groups excluding carboxylic acids is 3. The molecule has 1 spiro atoms. The molecular weight excluding hydrogens is 374 g/mol. The molecule has 1 aromatic rings. The number of Topliss-reactive ketones (excluding diaryl/α,β-unsaturated/α-hetero) is 1. The van der Waals surface area contributed by atoms with Gasteiger partial charge < -0.3 is 19.7 Å². The number of carbonyl (C=O) groups is 3. The average molecular weight is 403 g/mol. The molecule has 29 heavy (non-hydrogen) atoms. The molecule has 2 heterocycles. The van der Waals surface area contributed by atoms with Gasteiger partial charge in [-0.15, -0.1) is 0 Å². The zero-order valence-electron chi connectivity index (χ0n) is 17.5. The van der Waals surface area contributed by atoms with E-state index in [0.717, 1.165) is 24.5 Å². The number of hydrogen-bond donors (Lipinski definition) is 1. The third-order valence-electron chi connectivity index (χ3n) is 5.59. The normalized spacial score (nSPS) is 19.0. The Bertz CT molecular complexity index is 800. The number of ether oxygens (including phenoxy) is 2. The molecule has 2 saturated heterocycles. The molecule has 3 amide bonds. The summed E-state index contributed by atoms with van der Waals surface area (Å²) in [6, 6.07) is 4.32. The van der Waals surface area contributed by atoms with Crippen molar-refractivity contribution in [2.24, 2.45) is 5.92 Å². The number of urea groups is 1. The van der Waals surface area contributed by atoms with Gasteiger partial charge in [-0.25, -0.2) is 4.79 Å². The summed E-state index contributed by atoms with van der Waals surface area (Å²) in [5, 5.41) is 2.85. The third-order valence-corrected chi connectivity index (χ3v) is 5.59. The number of hydrogen-bond acceptors (Lipinski definition) is 6. The fourth-order valence-electron chi connectivity index (χ4n) is 4.05. The number of likely N-dealkylation sites (tertiary alicyclic amines) is 1. The molecule has 2 aliphatic rings. The molecule has 1 aromatic carbocycles. The van der Waals surface area contributed by atoms with Crippen molar-refractivity contribution in [3.05, 3.63) is 23.8 Å². The summed E-state index contributed by atoms with van der Waals surface area (Å²) >= 11 is 0. The number of rotatable bonds is 7. The maximum Gasteiger partial charge on any atom is 0.325 e. The van der Waals surface area contributed by atoms with Gasteiger partial charge in [0.25, 0.3) is 5.91 Å². The molecule has 0 radical (unpaired) electrons. The maximum atomic E-state index is 13.1. The van der Waals surface area contributed by atoms with Crippen molar-refractivity contribution < 1.29 is 23.9 Å². The van der Waals surface area contributed by atoms with Crippen molar-refractivity contribution in [1.29, 1.82) is 0 Å². The minimum atomic E-state index is -0.894. The molecular formula is C21H29N3O5. The first-order chi connectivity index (χ1) is 13.8. The van der Waals surface area contributed by atoms with Crippen LogP contribution < -0.4 is 14.8 Å². The van der Waals surface area contributed by atoms with Crippen molar-refractivity contribution in [2.45, 2.75) is 32.2 Å². The van der Waals surface area contributed by atoms with E-state index in [1.165, 1.54) is 14.2 Å². The first-order valence-corrected chi connectivity index (χ1v) is 9.91. The lowest BCUT2D eigenvalue weighted by Gasteiger charge is -2.37. The molecule has 158 valence electrons. The predicted octanol–water partition coefficient (Wildman–Crippen LogP) is 1.93. The summed E-state index contributed by atoms with van der Waals surface area (Å²) < 4.78 is 10.4. The molecule has 0 bridgehead atoms. The highest BCUT2D eigenvalue weighted by molar-refractivity contribution is 6.11. The smallest absolute Gasteiger partial charge is 0.325 e. The van der Waals surface area contributed by atoms with Crippen LogP contribution in [0.2, 0.25) is 0 Å². The number of benzene rings is 1. The van der Waals surface area contributed by atoms with E-state index >= 15 is 0 Å². The average Bonchev–Trinajstić information content (AvgIpc) is 2.93. The Balaban J connectivity index is 1.70. The molecule has 2 fully saturated rings. The fraction of sp³-hybridized carbons (Fsp3) is 0.571. The van der Waals surface area contributed by atoms with Gasteiger partial charge in [-0.05, 0) is 30.9 Å². The largest absolute Gasteiger partial charge is 0.497 e. The van der Waals surface area contributed by atoms with Crippen LogP contribution in [0.1, 0.15) is 37.0 Å². The highest BCUT2D eigenvalue weighted by Crippen LogP contribution is 2.31. The second-order valence-corrected chi connectivity index (χ2v) is 8.09. The van der Waals surface area contributed by atoms with E-state index in [-0.39, 0.29) is 18.2 Å². The summed E-state index contributed by atoms with van der Waals surface area (Å²) in [6.45, 7) is 6.47. The molecule has 0 atom stereocenters. The van der Waals surface area contributed by atoms with E-state index in [4.69, 9.17) is 9.47 Å². The van der Waals surface area contributed by atoms with Gasteiger partial charge in [-0.1, -0.05) is 13.8 Å². The van der Waals surface area contributed by atoms with E-state index < -0.39 is 11.6 Å². The lowest BCUT2D eigenvalue weighted by atomic mass is 9.87. The van der Waals surface area contributed by atoms with Gasteiger partial charge in [0.2, 0.25) is 0 Å². The highest BCUT2D eigenvalue weighted by Gasteiger charge is 2.52. The molecule has 0 unspecified atom stereocenters. The van der Waals surface area contributed by atoms with Crippen LogP contribution in [0.5, 0.6) is 11.5 Å². The van der Waals surface area contributed by atoms with E-state index in [9.17, 15) is 14.4 Å². The number of ketones is 1. The van der Waals surface area contributed by atoms with Gasteiger partial charge in [-0.2, -0.15) is 0 Å². The van der Waals surface area contributed by atoms with Crippen molar-refractivity contribution in [2.75, 3.05) is 40.4 Å². The van der Waals surface area contributed by atoms with E-state index in [2.05, 4.69) is 24.1 Å². The lowest BCUT2D eigenvalue weighted by molar-refractivity contribution is -0.132. The van der Waals surface area contributed by atoms with Crippen molar-refractivity contribution in [3.63, 3.8) is 0 Å². The van der Waals surface area contributed by atoms with Crippen LogP contribution in [0, 0.1) is 5.92 Å². The van der Waals surface area contributed by atoms with Crippen LogP contribution in [0.15, 0.2) is 18.2 Å². The Morgan fingerprint density at radius 1 is 1.17 bits per heavy atom. The Morgan fingerprint density at radius 3 is 2.45 bits per heavy atom. The molecule has 2 aliphatic heterocycles. The van der Waals surface area contributed by atoms with Crippen molar-refractivity contribution >= 4 is 17.7 Å². The van der Waals surface area contributed by atoms with Crippen LogP contribution >= 0.6 is 0 Å². The molecule has 3 rings (SSSR count). The fourth-order valence-corrected chi connectivity index (χ4v) is 4.05. The third kappa shape index (κ3) is 4.22. The topological polar surface area (TPSA) is 88.2 Å².